The van der Waals surface area contributed by atoms with Crippen LogP contribution in [-0.2, 0) is 0 Å². The molecule has 0 aromatic heterocycles. The number of alkyl halides is 1. The van der Waals surface area contributed by atoms with Crippen molar-refractivity contribution in [2.75, 3.05) is 5.88 Å². The summed E-state index contributed by atoms with van der Waals surface area (Å²) in [6.45, 7) is 0. The van der Waals surface area contributed by atoms with E-state index in [0.29, 0.717) is 12.1 Å². The van der Waals surface area contributed by atoms with Gasteiger partial charge in [-0.3, -0.25) is 4.79 Å². The normalized spacial score (nSPS) is 14.4. The van der Waals surface area contributed by atoms with Crippen LogP contribution in [0.2, 0.25) is 0 Å². The highest BCUT2D eigenvalue weighted by molar-refractivity contribution is 6.17. The first-order chi connectivity index (χ1) is 8.01. The number of aliphatic hydroxyl groups is 2. The highest BCUT2D eigenvalue weighted by atomic mass is 35.5. The lowest BCUT2D eigenvalue weighted by molar-refractivity contribution is 0.0147. The molecule has 2 unspecified atom stereocenters. The van der Waals surface area contributed by atoms with Crippen LogP contribution in [0.15, 0.2) is 12.1 Å². The topological polar surface area (TPSA) is 57.5 Å². The standard InChI is InChI=1S/C11H11ClF2O3/c12-2-1-10(16)11(17)7-4-8(13)6(5-15)3-9(7)14/h3-5,10-11,16-17H,1-2H2. The number of carbonyl (C=O) groups is 1. The van der Waals surface area contributed by atoms with Crippen molar-refractivity contribution in [3.05, 3.63) is 34.9 Å². The lowest BCUT2D eigenvalue weighted by Crippen LogP contribution is -2.20. The van der Waals surface area contributed by atoms with Crippen molar-refractivity contribution in [3.63, 3.8) is 0 Å². The van der Waals surface area contributed by atoms with Crippen molar-refractivity contribution in [2.24, 2.45) is 0 Å². The van der Waals surface area contributed by atoms with Crippen LogP contribution in [0.5, 0.6) is 0 Å². The lowest BCUT2D eigenvalue weighted by Gasteiger charge is -2.18. The van der Waals surface area contributed by atoms with Crippen LogP contribution in [0.25, 0.3) is 0 Å². The molecule has 1 rings (SSSR count). The molecule has 0 heterocycles. The third kappa shape index (κ3) is 3.21. The number of rotatable bonds is 5. The van der Waals surface area contributed by atoms with Gasteiger partial charge in [-0.1, -0.05) is 0 Å². The van der Waals surface area contributed by atoms with Gasteiger partial charge in [0.25, 0.3) is 0 Å². The van der Waals surface area contributed by atoms with Gasteiger partial charge in [-0.05, 0) is 18.6 Å². The summed E-state index contributed by atoms with van der Waals surface area (Å²) in [6, 6.07) is 1.37. The van der Waals surface area contributed by atoms with Crippen molar-refractivity contribution in [3.8, 4) is 0 Å². The Bertz CT molecular complexity index is 412. The van der Waals surface area contributed by atoms with E-state index in [1.165, 1.54) is 0 Å². The van der Waals surface area contributed by atoms with Crippen LogP contribution in [0.3, 0.4) is 0 Å². The van der Waals surface area contributed by atoms with Crippen LogP contribution in [-0.4, -0.2) is 28.5 Å². The fraction of sp³-hybridized carbons (Fsp3) is 0.364. The molecule has 0 amide bonds. The van der Waals surface area contributed by atoms with E-state index in [1.807, 2.05) is 0 Å². The Morgan fingerprint density at radius 2 is 1.94 bits per heavy atom. The summed E-state index contributed by atoms with van der Waals surface area (Å²) in [5.74, 6) is -1.82. The third-order valence-electron chi connectivity index (χ3n) is 2.33. The fourth-order valence-corrected chi connectivity index (χ4v) is 1.60. The van der Waals surface area contributed by atoms with Crippen molar-refractivity contribution in [1.29, 1.82) is 0 Å². The maximum Gasteiger partial charge on any atom is 0.153 e. The fourth-order valence-electron chi connectivity index (χ4n) is 1.37. The summed E-state index contributed by atoms with van der Waals surface area (Å²) in [5, 5.41) is 19.0. The predicted molar refractivity (Wildman–Crippen MR) is 58.0 cm³/mol. The third-order valence-corrected chi connectivity index (χ3v) is 2.55. The number of carbonyl (C=O) groups excluding carboxylic acids is 1. The Morgan fingerprint density at radius 3 is 2.47 bits per heavy atom. The number of aliphatic hydroxyl groups excluding tert-OH is 2. The van der Waals surface area contributed by atoms with Gasteiger partial charge in [-0.2, -0.15) is 0 Å². The Morgan fingerprint density at radius 1 is 1.29 bits per heavy atom. The number of halogens is 3. The molecule has 0 saturated heterocycles. The molecule has 1 aromatic carbocycles. The molecule has 0 fully saturated rings. The largest absolute Gasteiger partial charge is 0.390 e. The molecule has 94 valence electrons. The first kappa shape index (κ1) is 14.0. The van der Waals surface area contributed by atoms with Crippen LogP contribution >= 0.6 is 11.6 Å². The molecule has 0 saturated carbocycles. The lowest BCUT2D eigenvalue weighted by atomic mass is 10.0. The van der Waals surface area contributed by atoms with E-state index in [1.54, 1.807) is 0 Å². The Hall–Kier alpha value is -1.04. The Labute approximate surface area is 102 Å². The average molecular weight is 265 g/mol. The highest BCUT2D eigenvalue weighted by Gasteiger charge is 2.22. The van der Waals surface area contributed by atoms with Crippen LogP contribution < -0.4 is 0 Å². The molecule has 17 heavy (non-hydrogen) atoms. The molecule has 0 aliphatic heterocycles. The summed E-state index contributed by atoms with van der Waals surface area (Å²) in [4.78, 5) is 10.4. The minimum Gasteiger partial charge on any atom is -0.390 e. The van der Waals surface area contributed by atoms with Gasteiger partial charge >= 0.3 is 0 Å². The van der Waals surface area contributed by atoms with E-state index in [-0.39, 0.29) is 18.6 Å². The quantitative estimate of drug-likeness (QED) is 0.630. The zero-order valence-electron chi connectivity index (χ0n) is 8.74. The number of hydrogen-bond acceptors (Lipinski definition) is 3. The molecule has 0 radical (unpaired) electrons. The van der Waals surface area contributed by atoms with Gasteiger partial charge in [0.15, 0.2) is 6.29 Å². The van der Waals surface area contributed by atoms with E-state index in [2.05, 4.69) is 0 Å². The molecule has 2 atom stereocenters. The Kier molecular flexibility index (Phi) is 4.99. The maximum absolute atomic E-state index is 13.4. The van der Waals surface area contributed by atoms with E-state index in [4.69, 9.17) is 11.6 Å². The summed E-state index contributed by atoms with van der Waals surface area (Å²) < 4.78 is 26.7. The van der Waals surface area contributed by atoms with Gasteiger partial charge < -0.3 is 10.2 Å². The van der Waals surface area contributed by atoms with Crippen molar-refractivity contribution >= 4 is 17.9 Å². The summed E-state index contributed by atoms with van der Waals surface area (Å²) in [6.07, 6.45) is -2.66. The van der Waals surface area contributed by atoms with Gasteiger partial charge in [-0.15, -0.1) is 11.6 Å². The minimum atomic E-state index is -1.58. The molecule has 1 aromatic rings. The molecule has 0 bridgehead atoms. The minimum absolute atomic E-state index is 0.0409. The molecule has 0 spiro atoms. The molecule has 6 heteroatoms. The van der Waals surface area contributed by atoms with E-state index >= 15 is 0 Å². The predicted octanol–water partition coefficient (Wildman–Crippen LogP) is 1.80. The van der Waals surface area contributed by atoms with Gasteiger partial charge in [0.2, 0.25) is 0 Å². The second kappa shape index (κ2) is 6.05. The van der Waals surface area contributed by atoms with E-state index < -0.39 is 35.0 Å². The maximum atomic E-state index is 13.4. The second-order valence-electron chi connectivity index (χ2n) is 3.50. The van der Waals surface area contributed by atoms with Crippen LogP contribution in [0.1, 0.15) is 28.4 Å². The van der Waals surface area contributed by atoms with Crippen molar-refractivity contribution in [2.45, 2.75) is 18.6 Å². The average Bonchev–Trinajstić information content (AvgIpc) is 2.31. The molecule has 3 nitrogen and oxygen atoms in total. The molecular formula is C11H11ClF2O3. The van der Waals surface area contributed by atoms with Gasteiger partial charge in [0.05, 0.1) is 11.7 Å². The monoisotopic (exact) mass is 264 g/mol. The molecule has 0 aliphatic carbocycles. The number of aldehydes is 1. The van der Waals surface area contributed by atoms with Gasteiger partial charge in [0, 0.05) is 11.4 Å². The summed E-state index contributed by atoms with van der Waals surface area (Å²) in [7, 11) is 0. The SMILES string of the molecule is O=Cc1cc(F)c(C(O)C(O)CCCl)cc1F. The summed E-state index contributed by atoms with van der Waals surface area (Å²) in [5.41, 5.74) is -0.837. The second-order valence-corrected chi connectivity index (χ2v) is 3.88. The van der Waals surface area contributed by atoms with Crippen molar-refractivity contribution < 1.29 is 23.8 Å². The Balaban J connectivity index is 3.05. The zero-order chi connectivity index (χ0) is 13.0. The molecular weight excluding hydrogens is 254 g/mol. The first-order valence-electron chi connectivity index (χ1n) is 4.87. The van der Waals surface area contributed by atoms with Crippen LogP contribution in [0.4, 0.5) is 8.78 Å². The smallest absolute Gasteiger partial charge is 0.153 e. The molecule has 0 aliphatic rings. The number of hydrogen-bond donors (Lipinski definition) is 2. The van der Waals surface area contributed by atoms with Gasteiger partial charge in [0.1, 0.15) is 17.7 Å². The highest BCUT2D eigenvalue weighted by Crippen LogP contribution is 2.24. The first-order valence-corrected chi connectivity index (χ1v) is 5.41. The summed E-state index contributed by atoms with van der Waals surface area (Å²) >= 11 is 5.36. The van der Waals surface area contributed by atoms with Gasteiger partial charge in [-0.25, -0.2) is 8.78 Å². The number of benzene rings is 1. The molecule has 2 N–H and O–H groups in total. The van der Waals surface area contributed by atoms with E-state index in [9.17, 15) is 23.8 Å². The zero-order valence-corrected chi connectivity index (χ0v) is 9.49. The van der Waals surface area contributed by atoms with Crippen LogP contribution in [0, 0.1) is 11.6 Å². The van der Waals surface area contributed by atoms with Crippen molar-refractivity contribution in [1.82, 2.24) is 0 Å². The van der Waals surface area contributed by atoms with E-state index in [0.717, 1.165) is 0 Å².